The molecular weight excluding hydrogens is 314 g/mol. The van der Waals surface area contributed by atoms with Gasteiger partial charge in [-0.05, 0) is 49.7 Å². The molecule has 1 amide bonds. The first-order valence-electron chi connectivity index (χ1n) is 8.48. The third-order valence-corrected chi connectivity index (χ3v) is 3.89. The van der Waals surface area contributed by atoms with Crippen LogP contribution < -0.4 is 10.1 Å². The van der Waals surface area contributed by atoms with E-state index in [1.165, 1.54) is 0 Å². The zero-order valence-electron chi connectivity index (χ0n) is 14.4. The van der Waals surface area contributed by atoms with Crippen LogP contribution in [0.1, 0.15) is 20.3 Å². The Morgan fingerprint density at radius 3 is 2.48 bits per heavy atom. The van der Waals surface area contributed by atoms with Crippen molar-refractivity contribution in [2.75, 3.05) is 6.54 Å². The number of aromatic nitrogens is 2. The van der Waals surface area contributed by atoms with Gasteiger partial charge in [-0.2, -0.15) is 0 Å². The predicted molar refractivity (Wildman–Crippen MR) is 98.4 cm³/mol. The van der Waals surface area contributed by atoms with Gasteiger partial charge in [-0.1, -0.05) is 19.1 Å². The lowest BCUT2D eigenvalue weighted by Gasteiger charge is -2.17. The highest BCUT2D eigenvalue weighted by atomic mass is 16.5. The Bertz CT molecular complexity index is 862. The van der Waals surface area contributed by atoms with E-state index in [4.69, 9.17) is 4.74 Å². The monoisotopic (exact) mass is 335 g/mol. The molecule has 0 radical (unpaired) electrons. The number of hydrogen-bond donors (Lipinski definition) is 1. The smallest absolute Gasteiger partial charge is 0.261 e. The van der Waals surface area contributed by atoms with Crippen LogP contribution in [0.25, 0.3) is 22.3 Å². The second kappa shape index (κ2) is 7.75. The number of para-hydroxylation sites is 2. The lowest BCUT2D eigenvalue weighted by atomic mass is 10.1. The lowest BCUT2D eigenvalue weighted by Crippen LogP contribution is -2.37. The van der Waals surface area contributed by atoms with Crippen molar-refractivity contribution < 1.29 is 9.53 Å². The number of amides is 1. The van der Waals surface area contributed by atoms with E-state index in [1.807, 2.05) is 62.4 Å². The molecule has 1 aromatic heterocycles. The van der Waals surface area contributed by atoms with Crippen molar-refractivity contribution in [1.82, 2.24) is 15.3 Å². The molecule has 0 saturated carbocycles. The van der Waals surface area contributed by atoms with Crippen molar-refractivity contribution in [3.63, 3.8) is 0 Å². The fourth-order valence-corrected chi connectivity index (χ4v) is 2.58. The number of hydrogen-bond acceptors (Lipinski definition) is 4. The Balaban J connectivity index is 1.77. The minimum Gasteiger partial charge on any atom is -0.481 e. The summed E-state index contributed by atoms with van der Waals surface area (Å²) in [7, 11) is 0. The second-order valence-corrected chi connectivity index (χ2v) is 5.68. The number of likely N-dealkylation sites (N-methyl/N-ethyl adjacent to an activating group) is 1. The van der Waals surface area contributed by atoms with Crippen LogP contribution in [0.2, 0.25) is 0 Å². The fraction of sp³-hybridized carbons (Fsp3) is 0.250. The number of rotatable bonds is 6. The number of nitrogens with zero attached hydrogens (tertiary/aromatic N) is 2. The number of fused-ring (bicyclic) bond motifs is 1. The van der Waals surface area contributed by atoms with Gasteiger partial charge in [-0.25, -0.2) is 4.98 Å². The van der Waals surface area contributed by atoms with E-state index in [2.05, 4.69) is 15.3 Å². The fourth-order valence-electron chi connectivity index (χ4n) is 2.58. The van der Waals surface area contributed by atoms with Gasteiger partial charge in [-0.3, -0.25) is 9.78 Å². The van der Waals surface area contributed by atoms with Crippen molar-refractivity contribution in [1.29, 1.82) is 0 Å². The SMILES string of the molecule is CCNC(=O)C(CC)Oc1ccc(-c2cnc3ccccc3n2)cc1. The molecule has 1 heterocycles. The van der Waals surface area contributed by atoms with E-state index in [0.29, 0.717) is 18.7 Å². The highest BCUT2D eigenvalue weighted by molar-refractivity contribution is 5.81. The molecule has 128 valence electrons. The van der Waals surface area contributed by atoms with Crippen LogP contribution in [0.3, 0.4) is 0 Å². The van der Waals surface area contributed by atoms with Crippen LogP contribution in [0.4, 0.5) is 0 Å². The van der Waals surface area contributed by atoms with E-state index in [-0.39, 0.29) is 5.91 Å². The normalized spacial score (nSPS) is 11.9. The molecule has 25 heavy (non-hydrogen) atoms. The average Bonchev–Trinajstić information content (AvgIpc) is 2.66. The van der Waals surface area contributed by atoms with Crippen molar-refractivity contribution in [2.45, 2.75) is 26.4 Å². The van der Waals surface area contributed by atoms with Gasteiger partial charge in [-0.15, -0.1) is 0 Å². The summed E-state index contributed by atoms with van der Waals surface area (Å²) in [5, 5.41) is 2.79. The first-order chi connectivity index (χ1) is 12.2. The largest absolute Gasteiger partial charge is 0.481 e. The summed E-state index contributed by atoms with van der Waals surface area (Å²) in [5.74, 6) is 0.574. The molecule has 2 aromatic carbocycles. The number of nitrogens with one attached hydrogen (secondary N) is 1. The number of carbonyl (C=O) groups excluding carboxylic acids is 1. The van der Waals surface area contributed by atoms with Crippen LogP contribution in [0.5, 0.6) is 5.75 Å². The third-order valence-electron chi connectivity index (χ3n) is 3.89. The Hall–Kier alpha value is -2.95. The first kappa shape index (κ1) is 16.9. The molecular formula is C20H21N3O2. The number of benzene rings is 2. The van der Waals surface area contributed by atoms with Gasteiger partial charge in [0, 0.05) is 12.1 Å². The molecule has 3 rings (SSSR count). The molecule has 0 aliphatic heterocycles. The molecule has 5 heteroatoms. The highest BCUT2D eigenvalue weighted by Gasteiger charge is 2.17. The molecule has 5 nitrogen and oxygen atoms in total. The van der Waals surface area contributed by atoms with Crippen molar-refractivity contribution in [3.05, 3.63) is 54.7 Å². The van der Waals surface area contributed by atoms with Crippen molar-refractivity contribution in [3.8, 4) is 17.0 Å². The molecule has 3 aromatic rings. The minimum absolute atomic E-state index is 0.0885. The Morgan fingerprint density at radius 1 is 1.08 bits per heavy atom. The molecule has 0 aliphatic carbocycles. The van der Waals surface area contributed by atoms with Crippen LogP contribution in [0.15, 0.2) is 54.7 Å². The highest BCUT2D eigenvalue weighted by Crippen LogP contribution is 2.23. The Kier molecular flexibility index (Phi) is 5.23. The van der Waals surface area contributed by atoms with E-state index >= 15 is 0 Å². The predicted octanol–water partition coefficient (Wildman–Crippen LogP) is 3.59. The molecule has 0 spiro atoms. The molecule has 1 unspecified atom stereocenters. The maximum atomic E-state index is 11.9. The molecule has 0 aliphatic rings. The second-order valence-electron chi connectivity index (χ2n) is 5.68. The third kappa shape index (κ3) is 3.94. The summed E-state index contributed by atoms with van der Waals surface area (Å²) in [5.41, 5.74) is 3.50. The summed E-state index contributed by atoms with van der Waals surface area (Å²) in [6.45, 7) is 4.42. The van der Waals surface area contributed by atoms with Gasteiger partial charge in [0.25, 0.3) is 5.91 Å². The van der Waals surface area contributed by atoms with Crippen LogP contribution >= 0.6 is 0 Å². The van der Waals surface area contributed by atoms with Gasteiger partial charge in [0.15, 0.2) is 6.10 Å². The van der Waals surface area contributed by atoms with E-state index in [9.17, 15) is 4.79 Å². The van der Waals surface area contributed by atoms with Crippen LogP contribution in [-0.2, 0) is 4.79 Å². The number of ether oxygens (including phenoxy) is 1. The van der Waals surface area contributed by atoms with E-state index in [0.717, 1.165) is 22.3 Å². The Morgan fingerprint density at radius 2 is 1.80 bits per heavy atom. The molecule has 0 bridgehead atoms. The molecule has 1 N–H and O–H groups in total. The topological polar surface area (TPSA) is 64.1 Å². The van der Waals surface area contributed by atoms with Crippen LogP contribution in [-0.4, -0.2) is 28.5 Å². The maximum absolute atomic E-state index is 11.9. The van der Waals surface area contributed by atoms with E-state index in [1.54, 1.807) is 6.20 Å². The summed E-state index contributed by atoms with van der Waals surface area (Å²) in [6, 6.07) is 15.3. The first-order valence-corrected chi connectivity index (χ1v) is 8.48. The van der Waals surface area contributed by atoms with Gasteiger partial charge in [0.05, 0.1) is 22.9 Å². The standard InChI is InChI=1S/C20H21N3O2/c1-3-19(20(24)21-4-2)25-15-11-9-14(10-12-15)18-13-22-16-7-5-6-8-17(16)23-18/h5-13,19H,3-4H2,1-2H3,(H,21,24). The average molecular weight is 335 g/mol. The van der Waals surface area contributed by atoms with Crippen LogP contribution in [0, 0.1) is 0 Å². The zero-order valence-corrected chi connectivity index (χ0v) is 14.4. The quantitative estimate of drug-likeness (QED) is 0.748. The summed E-state index contributed by atoms with van der Waals surface area (Å²) >= 11 is 0. The van der Waals surface area contributed by atoms with E-state index < -0.39 is 6.10 Å². The number of carbonyl (C=O) groups is 1. The lowest BCUT2D eigenvalue weighted by molar-refractivity contribution is -0.128. The molecule has 1 atom stereocenters. The molecule has 0 fully saturated rings. The van der Waals surface area contributed by atoms with Gasteiger partial charge < -0.3 is 10.1 Å². The Labute approximate surface area is 147 Å². The zero-order chi connectivity index (χ0) is 17.6. The minimum atomic E-state index is -0.480. The summed E-state index contributed by atoms with van der Waals surface area (Å²) in [4.78, 5) is 21.0. The maximum Gasteiger partial charge on any atom is 0.261 e. The van der Waals surface area contributed by atoms with Gasteiger partial charge in [0.1, 0.15) is 5.75 Å². The van der Waals surface area contributed by atoms with Crippen molar-refractivity contribution in [2.24, 2.45) is 0 Å². The molecule has 0 saturated heterocycles. The summed E-state index contributed by atoms with van der Waals surface area (Å²) in [6.07, 6.45) is 1.90. The van der Waals surface area contributed by atoms with Gasteiger partial charge in [0.2, 0.25) is 0 Å². The van der Waals surface area contributed by atoms with Crippen molar-refractivity contribution >= 4 is 16.9 Å². The summed E-state index contributed by atoms with van der Waals surface area (Å²) < 4.78 is 5.79. The van der Waals surface area contributed by atoms with Gasteiger partial charge >= 0.3 is 0 Å².